The second-order valence-corrected chi connectivity index (χ2v) is 5.02. The van der Waals surface area contributed by atoms with Gasteiger partial charge >= 0.3 is 0 Å². The zero-order valence-electron chi connectivity index (χ0n) is 9.68. The number of aromatic nitrogens is 1. The van der Waals surface area contributed by atoms with E-state index in [9.17, 15) is 4.79 Å². The number of nitrogens with zero attached hydrogens (tertiary/aromatic N) is 1. The van der Waals surface area contributed by atoms with E-state index < -0.39 is 0 Å². The minimum absolute atomic E-state index is 0.0550. The van der Waals surface area contributed by atoms with Crippen molar-refractivity contribution in [3.05, 3.63) is 45.4 Å². The molecule has 1 aliphatic rings. The lowest BCUT2D eigenvalue weighted by atomic mass is 10.0. The number of carbonyl (C=O) groups is 1. The first-order valence-electron chi connectivity index (χ1n) is 5.73. The highest BCUT2D eigenvalue weighted by molar-refractivity contribution is 7.09. The fraction of sp³-hybridized carbons (Fsp3) is 0.231. The number of rotatable bonds is 3. The van der Waals surface area contributed by atoms with Gasteiger partial charge in [-0.05, 0) is 23.8 Å². The molecule has 0 saturated heterocycles. The largest absolute Gasteiger partial charge is 0.493 e. The molecule has 1 aliphatic heterocycles. The Bertz CT molecular complexity index is 607. The van der Waals surface area contributed by atoms with Crippen LogP contribution in [0.25, 0.3) is 0 Å². The standard InChI is InChI=1S/C13H12N2O2S/c14-6-12-15-10(7-18-12)13(16)9-1-2-11-8(5-9)3-4-17-11/h1-2,5,7H,3-4,6,14H2. The average molecular weight is 260 g/mol. The van der Waals surface area contributed by atoms with E-state index in [2.05, 4.69) is 4.98 Å². The van der Waals surface area contributed by atoms with E-state index in [-0.39, 0.29) is 5.78 Å². The second kappa shape index (κ2) is 4.51. The van der Waals surface area contributed by atoms with E-state index in [4.69, 9.17) is 10.5 Å². The number of hydrogen-bond donors (Lipinski definition) is 1. The zero-order chi connectivity index (χ0) is 12.5. The monoisotopic (exact) mass is 260 g/mol. The third kappa shape index (κ3) is 1.91. The van der Waals surface area contributed by atoms with Gasteiger partial charge in [0.1, 0.15) is 16.5 Å². The van der Waals surface area contributed by atoms with Crippen molar-refractivity contribution in [2.75, 3.05) is 6.61 Å². The first-order valence-corrected chi connectivity index (χ1v) is 6.61. The minimum Gasteiger partial charge on any atom is -0.493 e. The molecule has 4 nitrogen and oxygen atoms in total. The molecule has 0 unspecified atom stereocenters. The Hall–Kier alpha value is -1.72. The number of thiazole rings is 1. The Morgan fingerprint density at radius 1 is 1.50 bits per heavy atom. The molecule has 2 heterocycles. The predicted molar refractivity (Wildman–Crippen MR) is 69.1 cm³/mol. The van der Waals surface area contributed by atoms with Crippen LogP contribution in [0, 0.1) is 0 Å². The summed E-state index contributed by atoms with van der Waals surface area (Å²) >= 11 is 1.42. The molecule has 0 radical (unpaired) electrons. The highest BCUT2D eigenvalue weighted by Gasteiger charge is 2.17. The van der Waals surface area contributed by atoms with Gasteiger partial charge < -0.3 is 10.5 Å². The van der Waals surface area contributed by atoms with Crippen molar-refractivity contribution in [3.8, 4) is 5.75 Å². The predicted octanol–water partition coefficient (Wildman–Crippen LogP) is 1.77. The smallest absolute Gasteiger partial charge is 0.212 e. The quantitative estimate of drug-likeness (QED) is 0.854. The van der Waals surface area contributed by atoms with Gasteiger partial charge in [0.05, 0.1) is 6.61 Å². The van der Waals surface area contributed by atoms with E-state index in [0.717, 1.165) is 22.7 Å². The zero-order valence-corrected chi connectivity index (χ0v) is 10.5. The Kier molecular flexibility index (Phi) is 2.85. The van der Waals surface area contributed by atoms with Crippen LogP contribution in [0.4, 0.5) is 0 Å². The Morgan fingerprint density at radius 2 is 2.39 bits per heavy atom. The first-order chi connectivity index (χ1) is 8.78. The third-order valence-electron chi connectivity index (χ3n) is 2.91. The van der Waals surface area contributed by atoms with Gasteiger partial charge in [0, 0.05) is 23.9 Å². The lowest BCUT2D eigenvalue weighted by Crippen LogP contribution is -2.03. The summed E-state index contributed by atoms with van der Waals surface area (Å²) in [5.74, 6) is 0.827. The van der Waals surface area contributed by atoms with Crippen LogP contribution in [0.3, 0.4) is 0 Å². The molecular formula is C13H12N2O2S. The lowest BCUT2D eigenvalue weighted by Gasteiger charge is -2.01. The number of ketones is 1. The summed E-state index contributed by atoms with van der Waals surface area (Å²) in [5.41, 5.74) is 7.72. The normalized spacial score (nSPS) is 13.2. The number of ether oxygens (including phenoxy) is 1. The third-order valence-corrected chi connectivity index (χ3v) is 3.78. The maximum absolute atomic E-state index is 12.2. The number of nitrogens with two attached hydrogens (primary N) is 1. The molecule has 0 atom stereocenters. The summed E-state index contributed by atoms with van der Waals surface area (Å²) in [5, 5.41) is 2.54. The van der Waals surface area contributed by atoms with Gasteiger partial charge in [-0.25, -0.2) is 4.98 Å². The van der Waals surface area contributed by atoms with E-state index in [0.29, 0.717) is 24.4 Å². The van der Waals surface area contributed by atoms with Crippen LogP contribution < -0.4 is 10.5 Å². The van der Waals surface area contributed by atoms with Gasteiger partial charge in [0.15, 0.2) is 0 Å². The first kappa shape index (κ1) is 11.4. The van der Waals surface area contributed by atoms with Crippen molar-refractivity contribution in [3.63, 3.8) is 0 Å². The summed E-state index contributed by atoms with van der Waals surface area (Å²) in [4.78, 5) is 16.4. The summed E-state index contributed by atoms with van der Waals surface area (Å²) in [6, 6.07) is 5.53. The maximum Gasteiger partial charge on any atom is 0.212 e. The summed E-state index contributed by atoms with van der Waals surface area (Å²) < 4.78 is 5.42. The highest BCUT2D eigenvalue weighted by Crippen LogP contribution is 2.26. The van der Waals surface area contributed by atoms with Gasteiger partial charge in [-0.15, -0.1) is 11.3 Å². The molecule has 0 fully saturated rings. The van der Waals surface area contributed by atoms with E-state index >= 15 is 0 Å². The van der Waals surface area contributed by atoms with Gasteiger partial charge in [0.2, 0.25) is 5.78 Å². The Morgan fingerprint density at radius 3 is 3.17 bits per heavy atom. The van der Waals surface area contributed by atoms with Crippen LogP contribution in [0.5, 0.6) is 5.75 Å². The van der Waals surface area contributed by atoms with Crippen molar-refractivity contribution in [2.24, 2.45) is 5.73 Å². The van der Waals surface area contributed by atoms with Crippen LogP contribution >= 0.6 is 11.3 Å². The van der Waals surface area contributed by atoms with Crippen molar-refractivity contribution in [2.45, 2.75) is 13.0 Å². The van der Waals surface area contributed by atoms with Crippen LogP contribution in [-0.2, 0) is 13.0 Å². The van der Waals surface area contributed by atoms with Gasteiger partial charge in [-0.2, -0.15) is 0 Å². The highest BCUT2D eigenvalue weighted by atomic mass is 32.1. The van der Waals surface area contributed by atoms with Gasteiger partial charge in [0.25, 0.3) is 0 Å². The van der Waals surface area contributed by atoms with Crippen LogP contribution in [0.1, 0.15) is 26.6 Å². The SMILES string of the molecule is NCc1nc(C(=O)c2ccc3c(c2)CCO3)cs1. The molecule has 5 heteroatoms. The van der Waals surface area contributed by atoms with E-state index in [1.54, 1.807) is 11.4 Å². The number of hydrogen-bond acceptors (Lipinski definition) is 5. The van der Waals surface area contributed by atoms with Crippen molar-refractivity contribution >= 4 is 17.1 Å². The summed E-state index contributed by atoms with van der Waals surface area (Å²) in [7, 11) is 0. The molecule has 3 rings (SSSR count). The molecule has 0 amide bonds. The lowest BCUT2D eigenvalue weighted by molar-refractivity contribution is 0.103. The number of fused-ring (bicyclic) bond motifs is 1. The molecule has 2 aromatic rings. The average Bonchev–Trinajstić information content (AvgIpc) is 3.05. The summed E-state index contributed by atoms with van der Waals surface area (Å²) in [6.45, 7) is 1.07. The molecule has 92 valence electrons. The molecule has 1 aromatic carbocycles. The maximum atomic E-state index is 12.2. The molecule has 2 N–H and O–H groups in total. The molecule has 18 heavy (non-hydrogen) atoms. The summed E-state index contributed by atoms with van der Waals surface area (Å²) in [6.07, 6.45) is 0.863. The number of carbonyl (C=O) groups excluding carboxylic acids is 1. The molecule has 0 saturated carbocycles. The Balaban J connectivity index is 1.92. The number of benzene rings is 1. The van der Waals surface area contributed by atoms with E-state index in [1.807, 2.05) is 12.1 Å². The van der Waals surface area contributed by atoms with Crippen molar-refractivity contribution in [1.29, 1.82) is 0 Å². The van der Waals surface area contributed by atoms with Gasteiger partial charge in [-0.3, -0.25) is 4.79 Å². The molecular weight excluding hydrogens is 248 g/mol. The fourth-order valence-electron chi connectivity index (χ4n) is 1.98. The fourth-order valence-corrected chi connectivity index (χ4v) is 2.64. The van der Waals surface area contributed by atoms with E-state index in [1.165, 1.54) is 11.3 Å². The second-order valence-electron chi connectivity index (χ2n) is 4.08. The van der Waals surface area contributed by atoms with Crippen LogP contribution in [0.15, 0.2) is 23.6 Å². The topological polar surface area (TPSA) is 65.2 Å². The van der Waals surface area contributed by atoms with Crippen LogP contribution in [0.2, 0.25) is 0 Å². The molecule has 0 aliphatic carbocycles. The van der Waals surface area contributed by atoms with Gasteiger partial charge in [-0.1, -0.05) is 0 Å². The molecule has 1 aromatic heterocycles. The van der Waals surface area contributed by atoms with Crippen LogP contribution in [-0.4, -0.2) is 17.4 Å². The van der Waals surface area contributed by atoms with Crippen molar-refractivity contribution in [1.82, 2.24) is 4.98 Å². The molecule has 0 bridgehead atoms. The van der Waals surface area contributed by atoms with Crippen molar-refractivity contribution < 1.29 is 9.53 Å². The Labute approximate surface area is 108 Å². The molecule has 0 spiro atoms. The minimum atomic E-state index is -0.0550.